The SMILES string of the molecule is Cn1c(NC(=O)CCCCCCN)nc2cc(F)ccc21. The molecule has 1 heterocycles. The summed E-state index contributed by atoms with van der Waals surface area (Å²) in [5, 5.41) is 2.78. The van der Waals surface area contributed by atoms with Crippen LogP contribution in [-0.2, 0) is 11.8 Å². The van der Waals surface area contributed by atoms with Gasteiger partial charge in [-0.1, -0.05) is 12.8 Å². The van der Waals surface area contributed by atoms with Gasteiger partial charge >= 0.3 is 0 Å². The fourth-order valence-electron chi connectivity index (χ4n) is 2.26. The number of rotatable bonds is 7. The molecule has 0 bridgehead atoms. The highest BCUT2D eigenvalue weighted by Crippen LogP contribution is 2.19. The maximum atomic E-state index is 13.2. The summed E-state index contributed by atoms with van der Waals surface area (Å²) in [6.45, 7) is 0.697. The summed E-state index contributed by atoms with van der Waals surface area (Å²) in [6, 6.07) is 4.39. The third-order valence-corrected chi connectivity index (χ3v) is 3.45. The van der Waals surface area contributed by atoms with Crippen molar-refractivity contribution in [2.75, 3.05) is 11.9 Å². The minimum atomic E-state index is -0.335. The van der Waals surface area contributed by atoms with E-state index in [2.05, 4.69) is 10.3 Å². The minimum absolute atomic E-state index is 0.0679. The van der Waals surface area contributed by atoms with Gasteiger partial charge in [-0.2, -0.15) is 0 Å². The van der Waals surface area contributed by atoms with Crippen LogP contribution in [0, 0.1) is 5.82 Å². The number of carbonyl (C=O) groups excluding carboxylic acids is 1. The fraction of sp³-hybridized carbons (Fsp3) is 0.467. The molecule has 2 aromatic rings. The van der Waals surface area contributed by atoms with Gasteiger partial charge in [0.2, 0.25) is 11.9 Å². The molecule has 0 saturated carbocycles. The molecular weight excluding hydrogens is 271 g/mol. The van der Waals surface area contributed by atoms with Gasteiger partial charge in [0, 0.05) is 19.5 Å². The van der Waals surface area contributed by atoms with E-state index in [0.717, 1.165) is 31.2 Å². The number of hydrogen-bond acceptors (Lipinski definition) is 3. The smallest absolute Gasteiger partial charge is 0.226 e. The quantitative estimate of drug-likeness (QED) is 0.770. The lowest BCUT2D eigenvalue weighted by atomic mass is 10.1. The first-order valence-electron chi connectivity index (χ1n) is 7.23. The van der Waals surface area contributed by atoms with E-state index in [-0.39, 0.29) is 11.7 Å². The minimum Gasteiger partial charge on any atom is -0.330 e. The number of anilines is 1. The summed E-state index contributed by atoms with van der Waals surface area (Å²) in [7, 11) is 1.80. The highest BCUT2D eigenvalue weighted by atomic mass is 19.1. The number of hydrogen-bond donors (Lipinski definition) is 2. The molecule has 21 heavy (non-hydrogen) atoms. The topological polar surface area (TPSA) is 72.9 Å². The largest absolute Gasteiger partial charge is 0.330 e. The van der Waals surface area contributed by atoms with Gasteiger partial charge in [-0.05, 0) is 31.5 Å². The van der Waals surface area contributed by atoms with E-state index in [9.17, 15) is 9.18 Å². The van der Waals surface area contributed by atoms with Crippen molar-refractivity contribution < 1.29 is 9.18 Å². The van der Waals surface area contributed by atoms with Gasteiger partial charge in [-0.3, -0.25) is 10.1 Å². The summed E-state index contributed by atoms with van der Waals surface area (Å²) in [4.78, 5) is 16.1. The van der Waals surface area contributed by atoms with Crippen LogP contribution in [0.4, 0.5) is 10.3 Å². The number of nitrogens with one attached hydrogen (secondary N) is 1. The molecule has 0 fully saturated rings. The number of imidazole rings is 1. The molecule has 3 N–H and O–H groups in total. The van der Waals surface area contributed by atoms with Gasteiger partial charge in [-0.25, -0.2) is 9.37 Å². The Bertz CT molecular complexity index is 623. The van der Waals surface area contributed by atoms with Gasteiger partial charge in [0.1, 0.15) is 5.82 Å². The van der Waals surface area contributed by atoms with Crippen LogP contribution in [-0.4, -0.2) is 22.0 Å². The number of amides is 1. The summed E-state index contributed by atoms with van der Waals surface area (Å²) < 4.78 is 14.9. The van der Waals surface area contributed by atoms with E-state index in [1.807, 2.05) is 0 Å². The van der Waals surface area contributed by atoms with Crippen LogP contribution < -0.4 is 11.1 Å². The molecule has 6 heteroatoms. The molecule has 0 spiro atoms. The maximum Gasteiger partial charge on any atom is 0.226 e. The molecule has 1 aromatic heterocycles. The second-order valence-corrected chi connectivity index (χ2v) is 5.13. The molecule has 0 unspecified atom stereocenters. The Labute approximate surface area is 123 Å². The van der Waals surface area contributed by atoms with Crippen molar-refractivity contribution in [1.82, 2.24) is 9.55 Å². The van der Waals surface area contributed by atoms with Crippen LogP contribution in [0.25, 0.3) is 11.0 Å². The third-order valence-electron chi connectivity index (χ3n) is 3.45. The van der Waals surface area contributed by atoms with Crippen molar-refractivity contribution in [3.8, 4) is 0 Å². The number of benzene rings is 1. The van der Waals surface area contributed by atoms with E-state index < -0.39 is 0 Å². The van der Waals surface area contributed by atoms with Gasteiger partial charge in [0.25, 0.3) is 0 Å². The van der Waals surface area contributed by atoms with Crippen LogP contribution in [0.15, 0.2) is 18.2 Å². The summed E-state index contributed by atoms with van der Waals surface area (Å²) in [5.41, 5.74) is 6.74. The average Bonchev–Trinajstić information content (AvgIpc) is 2.74. The molecule has 0 aliphatic carbocycles. The van der Waals surface area contributed by atoms with Crippen molar-refractivity contribution in [3.63, 3.8) is 0 Å². The third kappa shape index (κ3) is 4.01. The Balaban J connectivity index is 1.93. The molecule has 0 radical (unpaired) electrons. The monoisotopic (exact) mass is 292 g/mol. The van der Waals surface area contributed by atoms with E-state index in [4.69, 9.17) is 5.73 Å². The Kier molecular flexibility index (Phi) is 5.27. The van der Waals surface area contributed by atoms with Gasteiger partial charge in [-0.15, -0.1) is 0 Å². The Hall–Kier alpha value is -1.95. The van der Waals surface area contributed by atoms with Gasteiger partial charge in [0.05, 0.1) is 11.0 Å². The summed E-state index contributed by atoms with van der Waals surface area (Å²) in [6.07, 6.45) is 4.35. The van der Waals surface area contributed by atoms with Crippen LogP contribution in [0.5, 0.6) is 0 Å². The van der Waals surface area contributed by atoms with Crippen LogP contribution >= 0.6 is 0 Å². The van der Waals surface area contributed by atoms with Crippen molar-refractivity contribution in [1.29, 1.82) is 0 Å². The molecule has 114 valence electrons. The number of fused-ring (bicyclic) bond motifs is 1. The predicted molar refractivity (Wildman–Crippen MR) is 81.4 cm³/mol. The molecular formula is C15H21FN4O. The molecule has 0 aliphatic rings. The molecule has 1 aromatic carbocycles. The van der Waals surface area contributed by atoms with Crippen molar-refractivity contribution in [2.24, 2.45) is 12.8 Å². The zero-order valence-corrected chi connectivity index (χ0v) is 12.2. The second kappa shape index (κ2) is 7.17. The van der Waals surface area contributed by atoms with Crippen molar-refractivity contribution in [3.05, 3.63) is 24.0 Å². The van der Waals surface area contributed by atoms with Gasteiger partial charge in [0.15, 0.2) is 0 Å². The Morgan fingerprint density at radius 3 is 2.86 bits per heavy atom. The number of nitrogens with zero attached hydrogens (tertiary/aromatic N) is 2. The number of nitrogens with two attached hydrogens (primary N) is 1. The first-order chi connectivity index (χ1) is 10.1. The average molecular weight is 292 g/mol. The lowest BCUT2D eigenvalue weighted by Gasteiger charge is -2.05. The fourth-order valence-corrected chi connectivity index (χ4v) is 2.26. The molecule has 2 rings (SSSR count). The molecule has 0 atom stereocenters. The lowest BCUT2D eigenvalue weighted by Crippen LogP contribution is -2.14. The molecule has 0 aliphatic heterocycles. The number of aryl methyl sites for hydroxylation is 1. The number of carbonyl (C=O) groups is 1. The lowest BCUT2D eigenvalue weighted by molar-refractivity contribution is -0.116. The van der Waals surface area contributed by atoms with Crippen LogP contribution in [0.1, 0.15) is 32.1 Å². The maximum absolute atomic E-state index is 13.2. The highest BCUT2D eigenvalue weighted by Gasteiger charge is 2.11. The summed E-state index contributed by atoms with van der Waals surface area (Å²) >= 11 is 0. The standard InChI is InChI=1S/C15H21FN4O/c1-20-13-8-7-11(16)10-12(13)18-15(20)19-14(21)6-4-2-3-5-9-17/h7-8,10H,2-6,9,17H2,1H3,(H,18,19,21). The Morgan fingerprint density at radius 2 is 2.10 bits per heavy atom. The van der Waals surface area contributed by atoms with E-state index in [0.29, 0.717) is 24.4 Å². The summed E-state index contributed by atoms with van der Waals surface area (Å²) in [5.74, 6) is 0.0440. The Morgan fingerprint density at radius 1 is 1.33 bits per heavy atom. The first-order valence-corrected chi connectivity index (χ1v) is 7.23. The molecule has 5 nitrogen and oxygen atoms in total. The first kappa shape index (κ1) is 15.4. The zero-order chi connectivity index (χ0) is 15.2. The van der Waals surface area contributed by atoms with E-state index in [1.165, 1.54) is 12.1 Å². The number of halogens is 1. The van der Waals surface area contributed by atoms with Crippen molar-refractivity contribution >= 4 is 22.9 Å². The zero-order valence-electron chi connectivity index (χ0n) is 12.2. The second-order valence-electron chi connectivity index (χ2n) is 5.13. The van der Waals surface area contributed by atoms with Crippen LogP contribution in [0.3, 0.4) is 0 Å². The van der Waals surface area contributed by atoms with Crippen molar-refractivity contribution in [2.45, 2.75) is 32.1 Å². The highest BCUT2D eigenvalue weighted by molar-refractivity contribution is 5.91. The normalized spacial score (nSPS) is 11.0. The van der Waals surface area contributed by atoms with E-state index >= 15 is 0 Å². The number of aromatic nitrogens is 2. The predicted octanol–water partition coefficient (Wildman–Crippen LogP) is 2.56. The molecule has 1 amide bonds. The van der Waals surface area contributed by atoms with Gasteiger partial charge < -0.3 is 10.3 Å². The molecule has 0 saturated heterocycles. The van der Waals surface area contributed by atoms with Crippen LogP contribution in [0.2, 0.25) is 0 Å². The number of unbranched alkanes of at least 4 members (excludes halogenated alkanes) is 3. The van der Waals surface area contributed by atoms with E-state index in [1.54, 1.807) is 17.7 Å².